The van der Waals surface area contributed by atoms with Gasteiger partial charge >= 0.3 is 17.9 Å². The fraction of sp³-hybridized carbons (Fsp3) is 0.438. The lowest BCUT2D eigenvalue weighted by molar-refractivity contribution is -0.168. The highest BCUT2D eigenvalue weighted by molar-refractivity contribution is 5.97. The zero-order valence-electron chi connectivity index (χ0n) is 12.9. The fourth-order valence-corrected chi connectivity index (χ4v) is 1.65. The number of carboxylic acids is 1. The summed E-state index contributed by atoms with van der Waals surface area (Å²) in [4.78, 5) is 34.7. The monoisotopic (exact) mass is 308 g/mol. The lowest BCUT2D eigenvalue weighted by atomic mass is 10.1. The van der Waals surface area contributed by atoms with Crippen molar-refractivity contribution in [3.63, 3.8) is 0 Å². The van der Waals surface area contributed by atoms with E-state index >= 15 is 0 Å². The first-order chi connectivity index (χ1) is 10.2. The number of rotatable bonds is 6. The summed E-state index contributed by atoms with van der Waals surface area (Å²) in [5, 5.41) is 9.08. The molecule has 1 rings (SSSR count). The van der Waals surface area contributed by atoms with E-state index < -0.39 is 35.8 Å². The van der Waals surface area contributed by atoms with Gasteiger partial charge in [-0.1, -0.05) is 30.3 Å². The lowest BCUT2D eigenvalue weighted by Gasteiger charge is -2.20. The second-order valence-electron chi connectivity index (χ2n) is 5.77. The van der Waals surface area contributed by atoms with Gasteiger partial charge in [0.05, 0.1) is 6.42 Å². The molecule has 1 N–H and O–H groups in total. The molecule has 0 amide bonds. The van der Waals surface area contributed by atoms with Crippen LogP contribution in [0.25, 0.3) is 0 Å². The minimum absolute atomic E-state index is 0.0439. The van der Waals surface area contributed by atoms with Crippen LogP contribution < -0.4 is 0 Å². The van der Waals surface area contributed by atoms with Crippen molar-refractivity contribution < 1.29 is 29.0 Å². The van der Waals surface area contributed by atoms with E-state index in [0.717, 1.165) is 5.56 Å². The summed E-state index contributed by atoms with van der Waals surface area (Å²) >= 11 is 0. The standard InChI is InChI=1S/C16H20O6/c1-16(2,3)22-13(17)9-12(14(18)19)15(20)21-10-11-7-5-4-6-8-11/h4-8,12H,9-10H2,1-3H3,(H,18,19). The quantitative estimate of drug-likeness (QED) is 0.640. The minimum Gasteiger partial charge on any atom is -0.481 e. The zero-order valence-corrected chi connectivity index (χ0v) is 12.9. The summed E-state index contributed by atoms with van der Waals surface area (Å²) in [6.07, 6.45) is -0.555. The molecule has 1 aromatic carbocycles. The van der Waals surface area contributed by atoms with E-state index in [1.807, 2.05) is 6.07 Å². The molecule has 0 aliphatic heterocycles. The lowest BCUT2D eigenvalue weighted by Crippen LogP contribution is -2.32. The van der Waals surface area contributed by atoms with Gasteiger partial charge in [-0.05, 0) is 26.3 Å². The molecule has 1 atom stereocenters. The van der Waals surface area contributed by atoms with Crippen molar-refractivity contribution >= 4 is 17.9 Å². The Bertz CT molecular complexity index is 529. The molecule has 0 saturated carbocycles. The molecule has 0 saturated heterocycles. The molecule has 0 fully saturated rings. The molecule has 0 aliphatic rings. The van der Waals surface area contributed by atoms with Gasteiger partial charge in [0.25, 0.3) is 0 Å². The SMILES string of the molecule is CC(C)(C)OC(=O)CC(C(=O)O)C(=O)OCc1ccccc1. The van der Waals surface area contributed by atoms with Crippen LogP contribution in [0.5, 0.6) is 0 Å². The zero-order chi connectivity index (χ0) is 16.8. The molecule has 6 heteroatoms. The van der Waals surface area contributed by atoms with Gasteiger partial charge in [-0.3, -0.25) is 14.4 Å². The normalized spacial score (nSPS) is 12.3. The van der Waals surface area contributed by atoms with Crippen molar-refractivity contribution in [1.82, 2.24) is 0 Å². The molecule has 0 heterocycles. The number of carboxylic acid groups (broad SMARTS) is 1. The topological polar surface area (TPSA) is 89.9 Å². The first-order valence-corrected chi connectivity index (χ1v) is 6.84. The van der Waals surface area contributed by atoms with E-state index in [-0.39, 0.29) is 6.61 Å². The van der Waals surface area contributed by atoms with Gasteiger partial charge < -0.3 is 14.6 Å². The fourth-order valence-electron chi connectivity index (χ4n) is 1.65. The van der Waals surface area contributed by atoms with Crippen molar-refractivity contribution in [2.24, 2.45) is 5.92 Å². The highest BCUT2D eigenvalue weighted by atomic mass is 16.6. The van der Waals surface area contributed by atoms with Gasteiger partial charge in [0, 0.05) is 0 Å². The third-order valence-electron chi connectivity index (χ3n) is 2.60. The highest BCUT2D eigenvalue weighted by Crippen LogP contribution is 2.14. The number of hydrogen-bond acceptors (Lipinski definition) is 5. The van der Waals surface area contributed by atoms with Gasteiger partial charge in [0.1, 0.15) is 12.2 Å². The van der Waals surface area contributed by atoms with Crippen molar-refractivity contribution in [2.45, 2.75) is 39.4 Å². The summed E-state index contributed by atoms with van der Waals surface area (Å²) in [7, 11) is 0. The Morgan fingerprint density at radius 1 is 1.14 bits per heavy atom. The first kappa shape index (κ1) is 17.7. The summed E-state index contributed by atoms with van der Waals surface area (Å²) in [5.41, 5.74) is -0.00841. The smallest absolute Gasteiger partial charge is 0.321 e. The van der Waals surface area contributed by atoms with E-state index in [9.17, 15) is 14.4 Å². The average Bonchev–Trinajstić information content (AvgIpc) is 2.41. The van der Waals surface area contributed by atoms with E-state index in [1.165, 1.54) is 0 Å². The Labute approximate surface area is 129 Å². The predicted molar refractivity (Wildman–Crippen MR) is 77.8 cm³/mol. The molecule has 0 aliphatic carbocycles. The number of aliphatic carboxylic acids is 1. The van der Waals surface area contributed by atoms with E-state index in [2.05, 4.69) is 0 Å². The van der Waals surface area contributed by atoms with Gasteiger partial charge in [-0.15, -0.1) is 0 Å². The van der Waals surface area contributed by atoms with Crippen molar-refractivity contribution in [3.8, 4) is 0 Å². The summed E-state index contributed by atoms with van der Waals surface area (Å²) in [6, 6.07) is 8.86. The molecular formula is C16H20O6. The number of carbonyl (C=O) groups is 3. The van der Waals surface area contributed by atoms with Gasteiger partial charge in [0.2, 0.25) is 0 Å². The van der Waals surface area contributed by atoms with Gasteiger partial charge in [-0.25, -0.2) is 0 Å². The molecule has 22 heavy (non-hydrogen) atoms. The van der Waals surface area contributed by atoms with Gasteiger partial charge in [-0.2, -0.15) is 0 Å². The largest absolute Gasteiger partial charge is 0.481 e. The number of esters is 2. The third-order valence-corrected chi connectivity index (χ3v) is 2.60. The maximum atomic E-state index is 11.8. The molecule has 0 radical (unpaired) electrons. The molecule has 6 nitrogen and oxygen atoms in total. The maximum Gasteiger partial charge on any atom is 0.321 e. The Morgan fingerprint density at radius 3 is 2.23 bits per heavy atom. The van der Waals surface area contributed by atoms with Crippen LogP contribution in [0.2, 0.25) is 0 Å². The number of hydrogen-bond donors (Lipinski definition) is 1. The molecular weight excluding hydrogens is 288 g/mol. The second-order valence-corrected chi connectivity index (χ2v) is 5.77. The van der Waals surface area contributed by atoms with Crippen LogP contribution in [0.1, 0.15) is 32.8 Å². The molecule has 1 unspecified atom stereocenters. The second kappa shape index (κ2) is 7.59. The molecule has 0 spiro atoms. The number of ether oxygens (including phenoxy) is 2. The van der Waals surface area contributed by atoms with E-state index in [0.29, 0.717) is 0 Å². The molecule has 120 valence electrons. The van der Waals surface area contributed by atoms with Crippen LogP contribution in [0.4, 0.5) is 0 Å². The summed E-state index contributed by atoms with van der Waals surface area (Å²) in [6.45, 7) is 4.94. The molecule has 0 aromatic heterocycles. The predicted octanol–water partition coefficient (Wildman–Crippen LogP) is 2.16. The molecule has 1 aromatic rings. The Morgan fingerprint density at radius 2 is 1.73 bits per heavy atom. The van der Waals surface area contributed by atoms with Crippen LogP contribution in [0.3, 0.4) is 0 Å². The van der Waals surface area contributed by atoms with E-state index in [1.54, 1.807) is 45.0 Å². The summed E-state index contributed by atoms with van der Waals surface area (Å²) < 4.78 is 9.98. The Kier molecular flexibility index (Phi) is 6.10. The third kappa shape index (κ3) is 6.39. The van der Waals surface area contributed by atoms with Crippen molar-refractivity contribution in [2.75, 3.05) is 0 Å². The van der Waals surface area contributed by atoms with Crippen molar-refractivity contribution in [1.29, 1.82) is 0 Å². The first-order valence-electron chi connectivity index (χ1n) is 6.84. The number of benzene rings is 1. The number of carbonyl (C=O) groups excluding carboxylic acids is 2. The Balaban J connectivity index is 2.60. The van der Waals surface area contributed by atoms with Crippen LogP contribution in [-0.4, -0.2) is 28.6 Å². The van der Waals surface area contributed by atoms with Crippen molar-refractivity contribution in [3.05, 3.63) is 35.9 Å². The minimum atomic E-state index is -1.57. The van der Waals surface area contributed by atoms with Crippen LogP contribution >= 0.6 is 0 Å². The van der Waals surface area contributed by atoms with Crippen LogP contribution in [0.15, 0.2) is 30.3 Å². The molecule has 0 bridgehead atoms. The average molecular weight is 308 g/mol. The van der Waals surface area contributed by atoms with E-state index in [4.69, 9.17) is 14.6 Å². The van der Waals surface area contributed by atoms with Gasteiger partial charge in [0.15, 0.2) is 5.92 Å². The van der Waals surface area contributed by atoms with Crippen LogP contribution in [0, 0.1) is 5.92 Å². The maximum absolute atomic E-state index is 11.8. The Hall–Kier alpha value is -2.37. The summed E-state index contributed by atoms with van der Waals surface area (Å²) in [5.74, 6) is -4.69. The highest BCUT2D eigenvalue weighted by Gasteiger charge is 2.32. The van der Waals surface area contributed by atoms with Crippen LogP contribution in [-0.2, 0) is 30.5 Å².